The lowest BCUT2D eigenvalue weighted by molar-refractivity contribution is -0.385. The number of nitro benzene ring substituents is 1. The summed E-state index contributed by atoms with van der Waals surface area (Å²) in [5, 5.41) is 11.5. The van der Waals surface area contributed by atoms with Gasteiger partial charge in [0, 0.05) is 38.3 Å². The molecule has 1 saturated heterocycles. The van der Waals surface area contributed by atoms with E-state index in [1.54, 1.807) is 11.8 Å². The zero-order valence-corrected chi connectivity index (χ0v) is 21.3. The summed E-state index contributed by atoms with van der Waals surface area (Å²) in [5.41, 5.74) is 0.478. The largest absolute Gasteiger partial charge is 0.368 e. The lowest BCUT2D eigenvalue weighted by Crippen LogP contribution is -2.39. The first-order valence-corrected chi connectivity index (χ1v) is 14.2. The number of benzene rings is 1. The molecule has 0 aromatic heterocycles. The van der Waals surface area contributed by atoms with Gasteiger partial charge in [0.1, 0.15) is 4.90 Å². The van der Waals surface area contributed by atoms with E-state index in [0.717, 1.165) is 25.4 Å². The van der Waals surface area contributed by atoms with E-state index in [2.05, 4.69) is 4.90 Å². The Bertz CT molecular complexity index is 1030. The summed E-state index contributed by atoms with van der Waals surface area (Å²) < 4.78 is 56.6. The van der Waals surface area contributed by atoms with Gasteiger partial charge in [-0.3, -0.25) is 14.3 Å². The molecule has 1 aromatic rings. The molecule has 1 heterocycles. The molecule has 33 heavy (non-hydrogen) atoms. The summed E-state index contributed by atoms with van der Waals surface area (Å²) in [5.74, 6) is 0. The van der Waals surface area contributed by atoms with Crippen molar-refractivity contribution in [2.24, 2.45) is 0 Å². The average molecular weight is 507 g/mol. The minimum atomic E-state index is -4.04. The number of aryl methyl sites for hydroxylation is 1. The first-order valence-electron chi connectivity index (χ1n) is 10.9. The highest BCUT2D eigenvalue weighted by Crippen LogP contribution is 2.35. The summed E-state index contributed by atoms with van der Waals surface area (Å²) in [6, 6.07) is 2.46. The van der Waals surface area contributed by atoms with Crippen molar-refractivity contribution in [1.29, 1.82) is 0 Å². The second-order valence-corrected chi connectivity index (χ2v) is 11.8. The topological polar surface area (TPSA) is 130 Å². The molecule has 1 aliphatic heterocycles. The van der Waals surface area contributed by atoms with Crippen LogP contribution in [-0.2, 0) is 24.3 Å². The standard InChI is InChI=1S/C20H34N4O7S2/c1-5-8-22(13-14-31-32(4,27)28)20-17(2)15-18(24(25)26)16-19(20)33(29,30)23-11-6-9-21(3)10-7-12-23/h15-16H,5-14H2,1-4H3. The number of rotatable bonds is 10. The fraction of sp³-hybridized carbons (Fsp3) is 0.700. The van der Waals surface area contributed by atoms with Crippen molar-refractivity contribution in [2.75, 3.05) is 64.1 Å². The molecule has 0 aliphatic carbocycles. The maximum absolute atomic E-state index is 13.8. The molecular weight excluding hydrogens is 472 g/mol. The molecule has 0 saturated carbocycles. The molecule has 0 amide bonds. The van der Waals surface area contributed by atoms with Gasteiger partial charge in [0.15, 0.2) is 0 Å². The summed E-state index contributed by atoms with van der Waals surface area (Å²) in [4.78, 5) is 14.7. The number of hydrogen-bond acceptors (Lipinski definition) is 9. The average Bonchev–Trinajstić information content (AvgIpc) is 2.68. The van der Waals surface area contributed by atoms with Crippen molar-refractivity contribution in [3.8, 4) is 0 Å². The van der Waals surface area contributed by atoms with Crippen LogP contribution in [0.25, 0.3) is 0 Å². The normalized spacial score (nSPS) is 16.8. The van der Waals surface area contributed by atoms with E-state index in [9.17, 15) is 26.9 Å². The van der Waals surface area contributed by atoms with Gasteiger partial charge in [-0.1, -0.05) is 6.92 Å². The lowest BCUT2D eigenvalue weighted by atomic mass is 10.1. The van der Waals surface area contributed by atoms with E-state index >= 15 is 0 Å². The predicted molar refractivity (Wildman–Crippen MR) is 127 cm³/mol. The molecular formula is C20H34N4O7S2. The third-order valence-electron chi connectivity index (χ3n) is 5.44. The fourth-order valence-electron chi connectivity index (χ4n) is 3.98. The summed E-state index contributed by atoms with van der Waals surface area (Å²) in [7, 11) is -5.70. The second-order valence-electron chi connectivity index (χ2n) is 8.29. The summed E-state index contributed by atoms with van der Waals surface area (Å²) >= 11 is 0. The highest BCUT2D eigenvalue weighted by atomic mass is 32.2. The van der Waals surface area contributed by atoms with Crippen LogP contribution in [0.4, 0.5) is 11.4 Å². The van der Waals surface area contributed by atoms with Gasteiger partial charge in [0.2, 0.25) is 10.0 Å². The zero-order chi connectivity index (χ0) is 24.8. The van der Waals surface area contributed by atoms with E-state index in [0.29, 0.717) is 50.1 Å². The quantitative estimate of drug-likeness (QED) is 0.265. The van der Waals surface area contributed by atoms with Gasteiger partial charge >= 0.3 is 0 Å². The van der Waals surface area contributed by atoms with Crippen LogP contribution in [0, 0.1) is 17.0 Å². The van der Waals surface area contributed by atoms with E-state index in [4.69, 9.17) is 4.18 Å². The van der Waals surface area contributed by atoms with Crippen molar-refractivity contribution < 1.29 is 25.9 Å². The maximum Gasteiger partial charge on any atom is 0.271 e. The Morgan fingerprint density at radius 2 is 1.70 bits per heavy atom. The smallest absolute Gasteiger partial charge is 0.271 e. The van der Waals surface area contributed by atoms with Crippen LogP contribution in [0.15, 0.2) is 17.0 Å². The molecule has 0 spiro atoms. The van der Waals surface area contributed by atoms with Gasteiger partial charge in [0.25, 0.3) is 15.8 Å². The van der Waals surface area contributed by atoms with E-state index in [-0.39, 0.29) is 23.7 Å². The molecule has 0 bridgehead atoms. The van der Waals surface area contributed by atoms with Crippen LogP contribution in [0.5, 0.6) is 0 Å². The van der Waals surface area contributed by atoms with Gasteiger partial charge in [0.05, 0.1) is 23.5 Å². The van der Waals surface area contributed by atoms with Crippen LogP contribution in [-0.4, -0.2) is 90.1 Å². The maximum atomic E-state index is 13.8. The summed E-state index contributed by atoms with van der Waals surface area (Å²) in [6.07, 6.45) is 2.91. The lowest BCUT2D eigenvalue weighted by Gasteiger charge is -2.31. The van der Waals surface area contributed by atoms with Crippen LogP contribution >= 0.6 is 0 Å². The second kappa shape index (κ2) is 11.6. The first-order chi connectivity index (χ1) is 15.4. The number of nitrogens with zero attached hydrogens (tertiary/aromatic N) is 4. The highest BCUT2D eigenvalue weighted by molar-refractivity contribution is 7.89. The fourth-order valence-corrected chi connectivity index (χ4v) is 6.18. The van der Waals surface area contributed by atoms with Crippen molar-refractivity contribution in [1.82, 2.24) is 9.21 Å². The van der Waals surface area contributed by atoms with Gasteiger partial charge in [-0.2, -0.15) is 12.7 Å². The van der Waals surface area contributed by atoms with E-state index in [1.165, 1.54) is 10.4 Å². The van der Waals surface area contributed by atoms with Crippen molar-refractivity contribution in [3.05, 3.63) is 27.8 Å². The number of nitro groups is 1. The Morgan fingerprint density at radius 1 is 1.09 bits per heavy atom. The number of non-ortho nitro benzene ring substituents is 1. The van der Waals surface area contributed by atoms with Gasteiger partial charge in [-0.15, -0.1) is 0 Å². The first kappa shape index (κ1) is 27.4. The van der Waals surface area contributed by atoms with E-state index in [1.807, 2.05) is 14.0 Å². The molecule has 2 rings (SSSR count). The zero-order valence-electron chi connectivity index (χ0n) is 19.7. The molecule has 1 fully saturated rings. The minimum absolute atomic E-state index is 0.118. The van der Waals surface area contributed by atoms with E-state index < -0.39 is 25.1 Å². The Kier molecular flexibility index (Phi) is 9.61. The highest BCUT2D eigenvalue weighted by Gasteiger charge is 2.32. The van der Waals surface area contributed by atoms with Gasteiger partial charge in [-0.05, 0) is 51.9 Å². The monoisotopic (exact) mass is 506 g/mol. The third kappa shape index (κ3) is 7.60. The third-order valence-corrected chi connectivity index (χ3v) is 7.95. The van der Waals surface area contributed by atoms with Crippen LogP contribution < -0.4 is 4.90 Å². The molecule has 1 aromatic carbocycles. The van der Waals surface area contributed by atoms with Crippen LogP contribution in [0.3, 0.4) is 0 Å². The molecule has 0 N–H and O–H groups in total. The Balaban J connectivity index is 2.54. The molecule has 1 aliphatic rings. The minimum Gasteiger partial charge on any atom is -0.368 e. The Hall–Kier alpha value is -1.80. The van der Waals surface area contributed by atoms with Gasteiger partial charge in [-0.25, -0.2) is 8.42 Å². The molecule has 0 radical (unpaired) electrons. The molecule has 13 heteroatoms. The SMILES string of the molecule is CCCN(CCOS(C)(=O)=O)c1c(C)cc([N+](=O)[O-])cc1S(=O)(=O)N1CCCN(C)CCC1. The molecule has 0 atom stereocenters. The van der Waals surface area contributed by atoms with Crippen LogP contribution in [0.1, 0.15) is 31.7 Å². The number of sulfonamides is 1. The van der Waals surface area contributed by atoms with Crippen molar-refractivity contribution >= 4 is 31.5 Å². The van der Waals surface area contributed by atoms with Crippen molar-refractivity contribution in [3.63, 3.8) is 0 Å². The Morgan fingerprint density at radius 3 is 2.21 bits per heavy atom. The number of hydrogen-bond donors (Lipinski definition) is 0. The molecule has 11 nitrogen and oxygen atoms in total. The van der Waals surface area contributed by atoms with Crippen LogP contribution in [0.2, 0.25) is 0 Å². The number of anilines is 1. The molecule has 188 valence electrons. The predicted octanol–water partition coefficient (Wildman–Crippen LogP) is 1.81. The Labute approximate surface area is 196 Å². The summed E-state index contributed by atoms with van der Waals surface area (Å²) in [6.45, 7) is 6.08. The van der Waals surface area contributed by atoms with Crippen molar-refractivity contribution in [2.45, 2.75) is 38.0 Å². The van der Waals surface area contributed by atoms with Gasteiger partial charge < -0.3 is 9.80 Å². The molecule has 0 unspecified atom stereocenters.